The molecule has 1 unspecified atom stereocenters. The molecule has 2 saturated heterocycles. The molecule has 6 atom stereocenters. The SMILES string of the molecule is CO[C@@H]1O[C@@H]2COC(c3ccccc3)O[C@H]2[C@H](OCc2ccccc2)[C@@H]1OS(=O)(=O)C(F)(F)F. The lowest BCUT2D eigenvalue weighted by Crippen LogP contribution is -2.64. The highest BCUT2D eigenvalue weighted by Crippen LogP contribution is 2.38. The Morgan fingerprint density at radius 3 is 2.24 bits per heavy atom. The molecule has 2 aliphatic rings. The Morgan fingerprint density at radius 2 is 1.62 bits per heavy atom. The number of methoxy groups -OCH3 is 1. The average Bonchev–Trinajstić information content (AvgIpc) is 2.83. The van der Waals surface area contributed by atoms with Crippen LogP contribution in [0, 0.1) is 0 Å². The molecule has 0 spiro atoms. The van der Waals surface area contributed by atoms with E-state index < -0.39 is 52.6 Å². The van der Waals surface area contributed by atoms with E-state index in [0.29, 0.717) is 11.1 Å². The normalized spacial score (nSPS) is 30.0. The number of fused-ring (bicyclic) bond motifs is 1. The van der Waals surface area contributed by atoms with Gasteiger partial charge < -0.3 is 23.7 Å². The molecule has 0 bridgehead atoms. The lowest BCUT2D eigenvalue weighted by atomic mass is 9.97. The van der Waals surface area contributed by atoms with Gasteiger partial charge in [0.15, 0.2) is 18.7 Å². The number of hydrogen-bond acceptors (Lipinski definition) is 8. The summed E-state index contributed by atoms with van der Waals surface area (Å²) in [6, 6.07) is 17.7. The van der Waals surface area contributed by atoms with Gasteiger partial charge in [-0.15, -0.1) is 0 Å². The molecule has 0 saturated carbocycles. The Kier molecular flexibility index (Phi) is 7.57. The Morgan fingerprint density at radius 1 is 0.971 bits per heavy atom. The monoisotopic (exact) mass is 504 g/mol. The van der Waals surface area contributed by atoms with Gasteiger partial charge in [-0.3, -0.25) is 4.18 Å². The molecular weight excluding hydrogens is 481 g/mol. The first-order valence-electron chi connectivity index (χ1n) is 10.3. The highest BCUT2D eigenvalue weighted by atomic mass is 32.2. The van der Waals surface area contributed by atoms with Crippen LogP contribution in [0.3, 0.4) is 0 Å². The Balaban J connectivity index is 1.64. The van der Waals surface area contributed by atoms with Crippen molar-refractivity contribution < 1.29 is 49.5 Å². The molecule has 2 heterocycles. The third-order valence-corrected chi connectivity index (χ3v) is 6.44. The first-order chi connectivity index (χ1) is 16.2. The summed E-state index contributed by atoms with van der Waals surface area (Å²) in [5.74, 6) is 0. The van der Waals surface area contributed by atoms with Crippen LogP contribution in [-0.4, -0.2) is 58.3 Å². The average molecular weight is 504 g/mol. The lowest BCUT2D eigenvalue weighted by molar-refractivity contribution is -0.360. The smallest absolute Gasteiger partial charge is 0.368 e. The molecule has 0 radical (unpaired) electrons. The van der Waals surface area contributed by atoms with Crippen molar-refractivity contribution in [3.63, 3.8) is 0 Å². The van der Waals surface area contributed by atoms with Crippen molar-refractivity contribution in [2.45, 2.75) is 49.1 Å². The van der Waals surface area contributed by atoms with E-state index in [1.165, 1.54) is 0 Å². The molecule has 0 aliphatic carbocycles. The maximum absolute atomic E-state index is 13.1. The van der Waals surface area contributed by atoms with Crippen molar-refractivity contribution in [1.29, 1.82) is 0 Å². The van der Waals surface area contributed by atoms with E-state index >= 15 is 0 Å². The van der Waals surface area contributed by atoms with Crippen LogP contribution in [0.4, 0.5) is 13.2 Å². The van der Waals surface area contributed by atoms with Gasteiger partial charge in [0.25, 0.3) is 0 Å². The van der Waals surface area contributed by atoms with E-state index in [4.69, 9.17) is 23.7 Å². The zero-order valence-electron chi connectivity index (χ0n) is 18.0. The van der Waals surface area contributed by atoms with Gasteiger partial charge in [0.1, 0.15) is 18.3 Å². The largest absolute Gasteiger partial charge is 0.523 e. The number of halogens is 3. The van der Waals surface area contributed by atoms with Crippen molar-refractivity contribution in [3.05, 3.63) is 71.8 Å². The van der Waals surface area contributed by atoms with E-state index in [1.54, 1.807) is 60.7 Å². The summed E-state index contributed by atoms with van der Waals surface area (Å²) >= 11 is 0. The molecule has 0 aromatic heterocycles. The van der Waals surface area contributed by atoms with Gasteiger partial charge in [0, 0.05) is 12.7 Å². The Hall–Kier alpha value is -2.06. The van der Waals surface area contributed by atoms with Crippen LogP contribution in [0.25, 0.3) is 0 Å². The van der Waals surface area contributed by atoms with E-state index in [9.17, 15) is 21.6 Å². The molecule has 2 aliphatic heterocycles. The summed E-state index contributed by atoms with van der Waals surface area (Å²) in [6.45, 7) is -0.0364. The third kappa shape index (κ3) is 5.43. The third-order valence-electron chi connectivity index (χ3n) is 5.39. The number of rotatable bonds is 7. The fourth-order valence-electron chi connectivity index (χ4n) is 3.78. The quantitative estimate of drug-likeness (QED) is 0.419. The van der Waals surface area contributed by atoms with Gasteiger partial charge in [-0.25, -0.2) is 0 Å². The minimum absolute atomic E-state index is 0.00796. The van der Waals surface area contributed by atoms with Crippen LogP contribution in [0.5, 0.6) is 0 Å². The van der Waals surface area contributed by atoms with Gasteiger partial charge in [0.05, 0.1) is 13.2 Å². The summed E-state index contributed by atoms with van der Waals surface area (Å²) in [5, 5.41) is 0. The number of ether oxygens (including phenoxy) is 5. The second-order valence-electron chi connectivity index (χ2n) is 7.68. The summed E-state index contributed by atoms with van der Waals surface area (Å²) in [4.78, 5) is 0. The maximum atomic E-state index is 13.1. The summed E-state index contributed by atoms with van der Waals surface area (Å²) in [7, 11) is -4.83. The molecule has 34 heavy (non-hydrogen) atoms. The van der Waals surface area contributed by atoms with Crippen LogP contribution >= 0.6 is 0 Å². The minimum Gasteiger partial charge on any atom is -0.368 e. The number of benzene rings is 2. The molecular formula is C22H23F3O8S. The summed E-state index contributed by atoms with van der Waals surface area (Å²) in [6.07, 6.45) is -7.26. The second-order valence-corrected chi connectivity index (χ2v) is 9.24. The van der Waals surface area contributed by atoms with Gasteiger partial charge in [-0.05, 0) is 5.56 Å². The van der Waals surface area contributed by atoms with Gasteiger partial charge in [0.2, 0.25) is 0 Å². The maximum Gasteiger partial charge on any atom is 0.523 e. The van der Waals surface area contributed by atoms with Crippen molar-refractivity contribution in [2.24, 2.45) is 0 Å². The van der Waals surface area contributed by atoms with E-state index in [2.05, 4.69) is 4.18 Å². The van der Waals surface area contributed by atoms with Gasteiger partial charge >= 0.3 is 15.6 Å². The molecule has 186 valence electrons. The minimum atomic E-state index is -5.99. The van der Waals surface area contributed by atoms with Crippen molar-refractivity contribution in [3.8, 4) is 0 Å². The van der Waals surface area contributed by atoms with Crippen LogP contribution in [0.1, 0.15) is 17.4 Å². The molecule has 2 aromatic carbocycles. The predicted octanol–water partition coefficient (Wildman–Crippen LogP) is 3.29. The van der Waals surface area contributed by atoms with E-state index in [0.717, 1.165) is 7.11 Å². The fourth-order valence-corrected chi connectivity index (χ4v) is 4.38. The summed E-state index contributed by atoms with van der Waals surface area (Å²) in [5.41, 5.74) is -4.27. The Labute approximate surface area is 194 Å². The Bertz CT molecular complexity index is 1040. The van der Waals surface area contributed by atoms with Crippen LogP contribution < -0.4 is 0 Å². The topological polar surface area (TPSA) is 89.5 Å². The highest BCUT2D eigenvalue weighted by molar-refractivity contribution is 7.87. The molecule has 8 nitrogen and oxygen atoms in total. The van der Waals surface area contributed by atoms with E-state index in [-0.39, 0.29) is 13.2 Å². The molecule has 0 amide bonds. The number of hydrogen-bond donors (Lipinski definition) is 0. The van der Waals surface area contributed by atoms with Crippen molar-refractivity contribution in [1.82, 2.24) is 0 Å². The molecule has 0 N–H and O–H groups in total. The molecule has 2 fully saturated rings. The fraction of sp³-hybridized carbons (Fsp3) is 0.455. The van der Waals surface area contributed by atoms with Crippen LogP contribution in [0.2, 0.25) is 0 Å². The molecule has 12 heteroatoms. The lowest BCUT2D eigenvalue weighted by Gasteiger charge is -2.48. The first-order valence-corrected chi connectivity index (χ1v) is 11.8. The zero-order chi connectivity index (χ0) is 24.3. The van der Waals surface area contributed by atoms with Crippen molar-refractivity contribution >= 4 is 10.1 Å². The zero-order valence-corrected chi connectivity index (χ0v) is 18.8. The number of alkyl halides is 3. The van der Waals surface area contributed by atoms with Crippen molar-refractivity contribution in [2.75, 3.05) is 13.7 Å². The molecule has 2 aromatic rings. The highest BCUT2D eigenvalue weighted by Gasteiger charge is 2.57. The second kappa shape index (κ2) is 10.3. The van der Waals surface area contributed by atoms with Crippen LogP contribution in [0.15, 0.2) is 60.7 Å². The van der Waals surface area contributed by atoms with Gasteiger partial charge in [-0.2, -0.15) is 21.6 Å². The van der Waals surface area contributed by atoms with Gasteiger partial charge in [-0.1, -0.05) is 60.7 Å². The first kappa shape index (κ1) is 25.0. The summed E-state index contributed by atoms with van der Waals surface area (Å²) < 4.78 is 96.2. The predicted molar refractivity (Wildman–Crippen MR) is 111 cm³/mol. The van der Waals surface area contributed by atoms with E-state index in [1.807, 2.05) is 0 Å². The molecule has 4 rings (SSSR count). The van der Waals surface area contributed by atoms with Crippen LogP contribution in [-0.2, 0) is 44.6 Å². The standard InChI is InChI=1S/C22H23F3O8S/c1-28-21-19(33-34(26,27)22(23,24)25)18(29-12-14-8-4-2-5-9-14)17-16(31-21)13-30-20(32-17)15-10-6-3-7-11-15/h2-11,16-21H,12-13H2,1H3/t16-,17-,18+,19+,20?,21-/m1/s1.